The highest BCUT2D eigenvalue weighted by atomic mass is 16.5. The van der Waals surface area contributed by atoms with Gasteiger partial charge in [0, 0.05) is 18.3 Å². The maximum atomic E-state index is 13.2. The third kappa shape index (κ3) is 4.47. The van der Waals surface area contributed by atoms with Crippen LogP contribution in [0.4, 0.5) is 0 Å². The zero-order chi connectivity index (χ0) is 24.7. The predicted octanol–water partition coefficient (Wildman–Crippen LogP) is 4.85. The third-order valence-corrected chi connectivity index (χ3v) is 7.25. The van der Waals surface area contributed by atoms with Crippen molar-refractivity contribution in [2.75, 3.05) is 26.7 Å². The minimum atomic E-state index is -0.0214. The van der Waals surface area contributed by atoms with E-state index in [1.54, 1.807) is 11.6 Å². The summed E-state index contributed by atoms with van der Waals surface area (Å²) in [5.41, 5.74) is 5.77. The number of aromatic nitrogens is 5. The number of pyridine rings is 1. The lowest BCUT2D eigenvalue weighted by molar-refractivity contribution is 0.170. The second-order valence-electron chi connectivity index (χ2n) is 10.5. The van der Waals surface area contributed by atoms with E-state index in [4.69, 9.17) is 4.74 Å². The first-order chi connectivity index (χ1) is 16.9. The summed E-state index contributed by atoms with van der Waals surface area (Å²) in [6, 6.07) is 6.51. The maximum absolute atomic E-state index is 13.2. The van der Waals surface area contributed by atoms with Crippen molar-refractivity contribution in [1.82, 2.24) is 29.0 Å². The van der Waals surface area contributed by atoms with Crippen molar-refractivity contribution in [3.05, 3.63) is 46.8 Å². The van der Waals surface area contributed by atoms with Crippen LogP contribution < -0.4 is 10.4 Å². The number of H-pyrrole nitrogens is 1. The first-order valence-corrected chi connectivity index (χ1v) is 12.7. The van der Waals surface area contributed by atoms with Crippen molar-refractivity contribution in [3.8, 4) is 16.9 Å². The summed E-state index contributed by atoms with van der Waals surface area (Å²) in [6.07, 6.45) is 6.84. The van der Waals surface area contributed by atoms with E-state index < -0.39 is 0 Å². The summed E-state index contributed by atoms with van der Waals surface area (Å²) in [5.74, 6) is 1.64. The summed E-state index contributed by atoms with van der Waals surface area (Å²) in [7, 11) is 1.65. The molecule has 1 aliphatic heterocycles. The van der Waals surface area contributed by atoms with E-state index in [0.29, 0.717) is 17.3 Å². The second kappa shape index (κ2) is 9.49. The molecule has 0 bridgehead atoms. The van der Waals surface area contributed by atoms with Gasteiger partial charge in [0.1, 0.15) is 6.33 Å². The molecule has 35 heavy (non-hydrogen) atoms. The average Bonchev–Trinajstić information content (AvgIpc) is 3.44. The van der Waals surface area contributed by atoms with E-state index in [1.165, 1.54) is 18.3 Å². The molecule has 1 aromatic carbocycles. The topological polar surface area (TPSA) is 80.5 Å². The largest absolute Gasteiger partial charge is 0.493 e. The van der Waals surface area contributed by atoms with Gasteiger partial charge in [0.05, 0.1) is 24.2 Å². The standard InChI is InChI=1S/C27H36N6O2/c1-17(2)8-10-31-9-6-7-20(15-31)33-24-13-21(18(3)4)22(12-23(24)30-27(33)34)19-11-25(35-5)26-28-16-29-32(26)14-19/h11-14,16-18,20H,6-10,15H2,1-5H3,(H,30,34)/t20-/m0/s1. The first kappa shape index (κ1) is 23.6. The number of aromatic amines is 1. The molecule has 1 N–H and O–H groups in total. The molecule has 4 aromatic rings. The van der Waals surface area contributed by atoms with Gasteiger partial charge in [0.2, 0.25) is 0 Å². The summed E-state index contributed by atoms with van der Waals surface area (Å²) >= 11 is 0. The molecule has 0 aliphatic carbocycles. The van der Waals surface area contributed by atoms with Gasteiger partial charge in [0.15, 0.2) is 11.4 Å². The predicted molar refractivity (Wildman–Crippen MR) is 139 cm³/mol. The lowest BCUT2D eigenvalue weighted by Crippen LogP contribution is -2.39. The molecule has 8 heteroatoms. The number of imidazole rings is 1. The van der Waals surface area contributed by atoms with Crippen molar-refractivity contribution < 1.29 is 4.74 Å². The molecule has 186 valence electrons. The number of methoxy groups -OCH3 is 1. The lowest BCUT2D eigenvalue weighted by atomic mass is 9.92. The molecule has 3 aromatic heterocycles. The molecule has 0 saturated carbocycles. The van der Waals surface area contributed by atoms with E-state index in [1.807, 2.05) is 16.8 Å². The monoisotopic (exact) mass is 476 g/mol. The van der Waals surface area contributed by atoms with Crippen molar-refractivity contribution in [3.63, 3.8) is 0 Å². The summed E-state index contributed by atoms with van der Waals surface area (Å²) in [6.45, 7) is 12.1. The zero-order valence-electron chi connectivity index (χ0n) is 21.4. The SMILES string of the molecule is COc1cc(-c2cc3[nH]c(=O)n([C@H]4CCCN(CCC(C)C)C4)c3cc2C(C)C)cn2ncnc12. The van der Waals surface area contributed by atoms with Gasteiger partial charge in [-0.1, -0.05) is 27.7 Å². The number of fused-ring (bicyclic) bond motifs is 2. The molecule has 0 amide bonds. The van der Waals surface area contributed by atoms with Crippen LogP contribution in [0.15, 0.2) is 35.5 Å². The van der Waals surface area contributed by atoms with Gasteiger partial charge >= 0.3 is 5.69 Å². The van der Waals surface area contributed by atoms with Gasteiger partial charge in [-0.15, -0.1) is 0 Å². The number of hydrogen-bond acceptors (Lipinski definition) is 5. The van der Waals surface area contributed by atoms with Gasteiger partial charge in [-0.2, -0.15) is 5.10 Å². The number of nitrogens with zero attached hydrogens (tertiary/aromatic N) is 5. The molecule has 1 aliphatic rings. The van der Waals surface area contributed by atoms with E-state index in [0.717, 1.165) is 54.6 Å². The average molecular weight is 477 g/mol. The number of rotatable bonds is 7. The Morgan fingerprint density at radius 1 is 1.20 bits per heavy atom. The second-order valence-corrected chi connectivity index (χ2v) is 10.5. The molecule has 4 heterocycles. The van der Waals surface area contributed by atoms with Crippen molar-refractivity contribution >= 4 is 16.7 Å². The van der Waals surface area contributed by atoms with Gasteiger partial charge in [-0.05, 0) is 73.5 Å². The van der Waals surface area contributed by atoms with Crippen LogP contribution in [-0.4, -0.2) is 55.8 Å². The lowest BCUT2D eigenvalue weighted by Gasteiger charge is -2.33. The molecule has 0 unspecified atom stereocenters. The van der Waals surface area contributed by atoms with Crippen LogP contribution in [0.1, 0.15) is 64.5 Å². The Morgan fingerprint density at radius 3 is 2.77 bits per heavy atom. The first-order valence-electron chi connectivity index (χ1n) is 12.7. The Hall–Kier alpha value is -3.13. The molecule has 0 radical (unpaired) electrons. The van der Waals surface area contributed by atoms with Crippen molar-refractivity contribution in [1.29, 1.82) is 0 Å². The molecule has 1 saturated heterocycles. The number of ether oxygens (including phenoxy) is 1. The normalized spacial score (nSPS) is 17.3. The number of nitrogens with one attached hydrogen (secondary N) is 1. The van der Waals surface area contributed by atoms with Crippen LogP contribution >= 0.6 is 0 Å². The Morgan fingerprint density at radius 2 is 2.03 bits per heavy atom. The fourth-order valence-corrected chi connectivity index (χ4v) is 5.36. The highest BCUT2D eigenvalue weighted by Crippen LogP contribution is 2.36. The van der Waals surface area contributed by atoms with Crippen LogP contribution in [0.3, 0.4) is 0 Å². The number of hydrogen-bond donors (Lipinski definition) is 1. The Labute approximate surface area is 205 Å². The quantitative estimate of drug-likeness (QED) is 0.412. The van der Waals surface area contributed by atoms with Gasteiger partial charge < -0.3 is 14.6 Å². The Kier molecular flexibility index (Phi) is 6.40. The van der Waals surface area contributed by atoms with Crippen LogP contribution in [0, 0.1) is 5.92 Å². The van der Waals surface area contributed by atoms with Crippen molar-refractivity contribution in [2.45, 2.75) is 58.9 Å². The van der Waals surface area contributed by atoms with Crippen molar-refractivity contribution in [2.24, 2.45) is 5.92 Å². The maximum Gasteiger partial charge on any atom is 0.326 e. The molecular weight excluding hydrogens is 440 g/mol. The highest BCUT2D eigenvalue weighted by molar-refractivity contribution is 5.85. The highest BCUT2D eigenvalue weighted by Gasteiger charge is 2.25. The van der Waals surface area contributed by atoms with Crippen LogP contribution in [-0.2, 0) is 0 Å². The smallest absolute Gasteiger partial charge is 0.326 e. The molecule has 5 rings (SSSR count). The molecule has 1 fully saturated rings. The number of benzene rings is 1. The minimum Gasteiger partial charge on any atom is -0.493 e. The van der Waals surface area contributed by atoms with Crippen LogP contribution in [0.5, 0.6) is 5.75 Å². The van der Waals surface area contributed by atoms with E-state index >= 15 is 0 Å². The van der Waals surface area contributed by atoms with Gasteiger partial charge in [0.25, 0.3) is 0 Å². The van der Waals surface area contributed by atoms with E-state index in [9.17, 15) is 4.79 Å². The number of piperidine rings is 1. The Bertz CT molecular complexity index is 1400. The van der Waals surface area contributed by atoms with E-state index in [-0.39, 0.29) is 17.6 Å². The summed E-state index contributed by atoms with van der Waals surface area (Å²) < 4.78 is 9.34. The summed E-state index contributed by atoms with van der Waals surface area (Å²) in [4.78, 5) is 23.2. The minimum absolute atomic E-state index is 0.0214. The molecular formula is C27H36N6O2. The third-order valence-electron chi connectivity index (χ3n) is 7.25. The molecule has 0 spiro atoms. The van der Waals surface area contributed by atoms with Gasteiger partial charge in [-0.25, -0.2) is 14.3 Å². The fraction of sp³-hybridized carbons (Fsp3) is 0.519. The van der Waals surface area contributed by atoms with Crippen LogP contribution in [0.25, 0.3) is 27.8 Å². The van der Waals surface area contributed by atoms with E-state index in [2.05, 4.69) is 59.8 Å². The fourth-order valence-electron chi connectivity index (χ4n) is 5.36. The van der Waals surface area contributed by atoms with Crippen LogP contribution in [0.2, 0.25) is 0 Å². The number of likely N-dealkylation sites (tertiary alicyclic amines) is 1. The van der Waals surface area contributed by atoms with Gasteiger partial charge in [-0.3, -0.25) is 4.57 Å². The molecule has 8 nitrogen and oxygen atoms in total. The Balaban J connectivity index is 1.58. The zero-order valence-corrected chi connectivity index (χ0v) is 21.4. The molecule has 1 atom stereocenters. The summed E-state index contributed by atoms with van der Waals surface area (Å²) in [5, 5.41) is 4.32.